The largest absolute Gasteiger partial charge is 0.302 e. The van der Waals surface area contributed by atoms with Gasteiger partial charge in [-0.1, -0.05) is 25.1 Å². The monoisotopic (exact) mass is 181 g/mol. The van der Waals surface area contributed by atoms with Crippen molar-refractivity contribution >= 4 is 0 Å². The summed E-state index contributed by atoms with van der Waals surface area (Å²) in [6.45, 7) is 2.07. The Labute approximate surface area is 79.2 Å². The molecule has 1 rings (SSSR count). The predicted molar refractivity (Wildman–Crippen MR) is 53.1 cm³/mol. The third-order valence-corrected chi connectivity index (χ3v) is 2.27. The number of nitrogens with zero attached hydrogens (tertiary/aromatic N) is 1. The molecule has 0 saturated heterocycles. The maximum absolute atomic E-state index is 13.4. The van der Waals surface area contributed by atoms with E-state index in [1.165, 1.54) is 6.07 Å². The number of halogens is 1. The molecule has 0 aliphatic rings. The molecule has 0 fully saturated rings. The second-order valence-corrected chi connectivity index (χ2v) is 3.41. The van der Waals surface area contributed by atoms with E-state index < -0.39 is 0 Å². The number of rotatable bonds is 3. The molecule has 0 saturated carbocycles. The minimum Gasteiger partial charge on any atom is -0.302 e. The SMILES string of the molecule is CCC(c1ccccc1F)N(C)C. The Kier molecular flexibility index (Phi) is 3.43. The fourth-order valence-electron chi connectivity index (χ4n) is 1.61. The molecule has 1 atom stereocenters. The maximum Gasteiger partial charge on any atom is 0.127 e. The van der Waals surface area contributed by atoms with Gasteiger partial charge in [-0.3, -0.25) is 0 Å². The van der Waals surface area contributed by atoms with Gasteiger partial charge in [0.2, 0.25) is 0 Å². The highest BCUT2D eigenvalue weighted by atomic mass is 19.1. The smallest absolute Gasteiger partial charge is 0.127 e. The van der Waals surface area contributed by atoms with E-state index in [1.54, 1.807) is 6.07 Å². The summed E-state index contributed by atoms with van der Waals surface area (Å²) in [7, 11) is 3.95. The van der Waals surface area contributed by atoms with Crippen LogP contribution in [0.25, 0.3) is 0 Å². The van der Waals surface area contributed by atoms with E-state index in [2.05, 4.69) is 6.92 Å². The molecule has 0 radical (unpaired) electrons. The first kappa shape index (κ1) is 10.2. The lowest BCUT2D eigenvalue weighted by Gasteiger charge is -2.23. The highest BCUT2D eigenvalue weighted by Crippen LogP contribution is 2.23. The van der Waals surface area contributed by atoms with Crippen molar-refractivity contribution in [2.24, 2.45) is 0 Å². The van der Waals surface area contributed by atoms with Gasteiger partial charge in [-0.05, 0) is 26.6 Å². The standard InChI is InChI=1S/C11H16FN/c1-4-11(13(2)3)9-7-5-6-8-10(9)12/h5-8,11H,4H2,1-3H3. The molecule has 0 N–H and O–H groups in total. The van der Waals surface area contributed by atoms with Crippen molar-refractivity contribution in [3.8, 4) is 0 Å². The molecule has 2 heteroatoms. The zero-order valence-electron chi connectivity index (χ0n) is 8.42. The average Bonchev–Trinajstić information content (AvgIpc) is 2.09. The Morgan fingerprint density at radius 1 is 1.31 bits per heavy atom. The second-order valence-electron chi connectivity index (χ2n) is 3.41. The zero-order chi connectivity index (χ0) is 9.84. The van der Waals surface area contributed by atoms with Gasteiger partial charge in [-0.25, -0.2) is 4.39 Å². The molecule has 0 aromatic heterocycles. The Morgan fingerprint density at radius 2 is 1.92 bits per heavy atom. The fourth-order valence-corrected chi connectivity index (χ4v) is 1.61. The van der Waals surface area contributed by atoms with Crippen molar-refractivity contribution in [3.05, 3.63) is 35.6 Å². The van der Waals surface area contributed by atoms with E-state index in [0.717, 1.165) is 12.0 Å². The predicted octanol–water partition coefficient (Wildman–Crippen LogP) is 2.84. The van der Waals surface area contributed by atoms with Crippen molar-refractivity contribution in [2.45, 2.75) is 19.4 Å². The first-order valence-electron chi connectivity index (χ1n) is 4.57. The van der Waals surface area contributed by atoms with Gasteiger partial charge in [0.15, 0.2) is 0 Å². The first-order valence-corrected chi connectivity index (χ1v) is 4.57. The van der Waals surface area contributed by atoms with Crippen molar-refractivity contribution in [1.29, 1.82) is 0 Å². The topological polar surface area (TPSA) is 3.24 Å². The third-order valence-electron chi connectivity index (χ3n) is 2.27. The summed E-state index contributed by atoms with van der Waals surface area (Å²) >= 11 is 0. The summed E-state index contributed by atoms with van der Waals surface area (Å²) in [5.74, 6) is -0.108. The van der Waals surface area contributed by atoms with Gasteiger partial charge in [0, 0.05) is 11.6 Å². The molecule has 0 aliphatic carbocycles. The quantitative estimate of drug-likeness (QED) is 0.693. The van der Waals surface area contributed by atoms with E-state index >= 15 is 0 Å². The molecule has 0 bridgehead atoms. The molecule has 0 spiro atoms. The van der Waals surface area contributed by atoms with Gasteiger partial charge in [0.1, 0.15) is 5.82 Å². The molecule has 0 heterocycles. The number of hydrogen-bond acceptors (Lipinski definition) is 1. The van der Waals surface area contributed by atoms with Crippen LogP contribution >= 0.6 is 0 Å². The lowest BCUT2D eigenvalue weighted by molar-refractivity contribution is 0.284. The van der Waals surface area contributed by atoms with Crippen molar-refractivity contribution in [3.63, 3.8) is 0 Å². The van der Waals surface area contributed by atoms with Gasteiger partial charge < -0.3 is 4.90 Å². The molecule has 0 amide bonds. The van der Waals surface area contributed by atoms with E-state index in [0.29, 0.717) is 0 Å². The first-order chi connectivity index (χ1) is 6.16. The van der Waals surface area contributed by atoms with E-state index in [1.807, 2.05) is 31.1 Å². The van der Waals surface area contributed by atoms with Crippen LogP contribution in [-0.2, 0) is 0 Å². The van der Waals surface area contributed by atoms with Crippen molar-refractivity contribution < 1.29 is 4.39 Å². The van der Waals surface area contributed by atoms with Crippen LogP contribution < -0.4 is 0 Å². The summed E-state index contributed by atoms with van der Waals surface area (Å²) in [6.07, 6.45) is 0.925. The molecule has 1 unspecified atom stereocenters. The number of hydrogen-bond donors (Lipinski definition) is 0. The summed E-state index contributed by atoms with van der Waals surface area (Å²) in [5, 5.41) is 0. The van der Waals surface area contributed by atoms with Crippen LogP contribution in [0.2, 0.25) is 0 Å². The highest BCUT2D eigenvalue weighted by Gasteiger charge is 2.14. The molecule has 72 valence electrons. The van der Waals surface area contributed by atoms with Gasteiger partial charge >= 0.3 is 0 Å². The summed E-state index contributed by atoms with van der Waals surface area (Å²) < 4.78 is 13.4. The Balaban J connectivity index is 2.97. The van der Waals surface area contributed by atoms with Gasteiger partial charge in [-0.2, -0.15) is 0 Å². The Bertz CT molecular complexity index is 271. The Hall–Kier alpha value is -0.890. The molecule has 1 aromatic carbocycles. The molecular formula is C11H16FN. The van der Waals surface area contributed by atoms with Gasteiger partial charge in [0.05, 0.1) is 0 Å². The lowest BCUT2D eigenvalue weighted by Crippen LogP contribution is -2.20. The van der Waals surface area contributed by atoms with Crippen LogP contribution in [0.3, 0.4) is 0 Å². The minimum atomic E-state index is -0.108. The summed E-state index contributed by atoms with van der Waals surface area (Å²) in [5.41, 5.74) is 0.787. The summed E-state index contributed by atoms with van der Waals surface area (Å²) in [6, 6.07) is 7.15. The lowest BCUT2D eigenvalue weighted by atomic mass is 10.0. The van der Waals surface area contributed by atoms with Crippen molar-refractivity contribution in [2.75, 3.05) is 14.1 Å². The van der Waals surface area contributed by atoms with E-state index in [9.17, 15) is 4.39 Å². The third kappa shape index (κ3) is 2.28. The maximum atomic E-state index is 13.4. The van der Waals surface area contributed by atoms with Crippen LogP contribution in [-0.4, -0.2) is 19.0 Å². The molecule has 1 nitrogen and oxygen atoms in total. The normalized spacial score (nSPS) is 13.3. The van der Waals surface area contributed by atoms with Crippen LogP contribution in [0.4, 0.5) is 4.39 Å². The molecular weight excluding hydrogens is 165 g/mol. The summed E-state index contributed by atoms with van der Waals surface area (Å²) in [4.78, 5) is 2.04. The minimum absolute atomic E-state index is 0.108. The van der Waals surface area contributed by atoms with Crippen LogP contribution in [0.15, 0.2) is 24.3 Å². The molecule has 1 aromatic rings. The average molecular weight is 181 g/mol. The van der Waals surface area contributed by atoms with Crippen LogP contribution in [0.5, 0.6) is 0 Å². The van der Waals surface area contributed by atoms with Crippen LogP contribution in [0.1, 0.15) is 24.9 Å². The van der Waals surface area contributed by atoms with Gasteiger partial charge in [-0.15, -0.1) is 0 Å². The van der Waals surface area contributed by atoms with E-state index in [-0.39, 0.29) is 11.9 Å². The highest BCUT2D eigenvalue weighted by molar-refractivity contribution is 5.20. The molecule has 13 heavy (non-hydrogen) atoms. The van der Waals surface area contributed by atoms with Crippen molar-refractivity contribution in [1.82, 2.24) is 4.90 Å². The van der Waals surface area contributed by atoms with Crippen LogP contribution in [0, 0.1) is 5.82 Å². The second kappa shape index (κ2) is 4.38. The Morgan fingerprint density at radius 3 is 2.38 bits per heavy atom. The van der Waals surface area contributed by atoms with Gasteiger partial charge in [0.25, 0.3) is 0 Å². The zero-order valence-corrected chi connectivity index (χ0v) is 8.42. The molecule has 0 aliphatic heterocycles. The van der Waals surface area contributed by atoms with E-state index in [4.69, 9.17) is 0 Å². The fraction of sp³-hybridized carbons (Fsp3) is 0.455. The number of benzene rings is 1.